The number of hydrogen-bond donors (Lipinski definition) is 1. The zero-order valence-electron chi connectivity index (χ0n) is 10.8. The summed E-state index contributed by atoms with van der Waals surface area (Å²) in [7, 11) is 1.95. The summed E-state index contributed by atoms with van der Waals surface area (Å²) in [4.78, 5) is 8.68. The fourth-order valence-electron chi connectivity index (χ4n) is 2.09. The van der Waals surface area contributed by atoms with Gasteiger partial charge in [0.05, 0.1) is 11.8 Å². The van der Waals surface area contributed by atoms with Crippen molar-refractivity contribution in [2.45, 2.75) is 6.54 Å². The molecule has 0 radical (unpaired) electrons. The number of halogens is 2. The summed E-state index contributed by atoms with van der Waals surface area (Å²) in [6, 6.07) is 7.39. The molecule has 2 heterocycles. The molecule has 4 nitrogen and oxygen atoms in total. The molecule has 3 rings (SSSR count). The zero-order chi connectivity index (χ0) is 14.1. The predicted octanol–water partition coefficient (Wildman–Crippen LogP) is 3.89. The van der Waals surface area contributed by atoms with Gasteiger partial charge in [0, 0.05) is 29.8 Å². The van der Waals surface area contributed by atoms with Crippen molar-refractivity contribution in [1.82, 2.24) is 14.5 Å². The SMILES string of the molecule is Cn1cnc2c(NCc3cc(Cl)cc(Cl)c3)nccc21. The predicted molar refractivity (Wildman–Crippen MR) is 82.3 cm³/mol. The van der Waals surface area contributed by atoms with Crippen molar-refractivity contribution in [3.8, 4) is 0 Å². The number of aryl methyl sites for hydroxylation is 1. The van der Waals surface area contributed by atoms with Crippen molar-refractivity contribution < 1.29 is 0 Å². The van der Waals surface area contributed by atoms with Crippen molar-refractivity contribution in [2.24, 2.45) is 7.05 Å². The smallest absolute Gasteiger partial charge is 0.154 e. The first-order valence-corrected chi connectivity index (χ1v) is 6.84. The summed E-state index contributed by atoms with van der Waals surface area (Å²) in [6.45, 7) is 0.586. The molecule has 0 saturated heterocycles. The lowest BCUT2D eigenvalue weighted by molar-refractivity contribution is 0.947. The topological polar surface area (TPSA) is 42.7 Å². The largest absolute Gasteiger partial charge is 0.364 e. The van der Waals surface area contributed by atoms with Gasteiger partial charge in [-0.3, -0.25) is 0 Å². The number of pyridine rings is 1. The number of anilines is 1. The van der Waals surface area contributed by atoms with E-state index in [1.807, 2.05) is 29.8 Å². The van der Waals surface area contributed by atoms with E-state index < -0.39 is 0 Å². The van der Waals surface area contributed by atoms with Crippen LogP contribution in [0.15, 0.2) is 36.8 Å². The molecule has 0 amide bonds. The minimum absolute atomic E-state index is 0.586. The molecular weight excluding hydrogens is 295 g/mol. The van der Waals surface area contributed by atoms with Gasteiger partial charge in [-0.05, 0) is 29.8 Å². The number of benzene rings is 1. The zero-order valence-corrected chi connectivity index (χ0v) is 12.3. The van der Waals surface area contributed by atoms with E-state index in [1.54, 1.807) is 18.6 Å². The number of rotatable bonds is 3. The van der Waals surface area contributed by atoms with Crippen LogP contribution in [0.25, 0.3) is 11.0 Å². The van der Waals surface area contributed by atoms with Gasteiger partial charge in [0.25, 0.3) is 0 Å². The summed E-state index contributed by atoms with van der Waals surface area (Å²) in [5.74, 6) is 0.749. The third kappa shape index (κ3) is 2.57. The monoisotopic (exact) mass is 306 g/mol. The highest BCUT2D eigenvalue weighted by molar-refractivity contribution is 6.34. The van der Waals surface area contributed by atoms with Gasteiger partial charge in [-0.15, -0.1) is 0 Å². The quantitative estimate of drug-likeness (QED) is 0.798. The second kappa shape index (κ2) is 5.31. The molecule has 0 unspecified atom stereocenters. The molecule has 3 aromatic rings. The van der Waals surface area contributed by atoms with E-state index in [0.717, 1.165) is 22.4 Å². The molecule has 6 heteroatoms. The standard InChI is InChI=1S/C14H12Cl2N4/c1-20-8-19-13-12(20)2-3-17-14(13)18-7-9-4-10(15)6-11(16)5-9/h2-6,8H,7H2,1H3,(H,17,18). The van der Waals surface area contributed by atoms with Crippen LogP contribution in [0.1, 0.15) is 5.56 Å². The van der Waals surface area contributed by atoms with Crippen LogP contribution in [-0.4, -0.2) is 14.5 Å². The minimum Gasteiger partial charge on any atom is -0.364 e. The summed E-state index contributed by atoms with van der Waals surface area (Å²) >= 11 is 12.0. The Balaban J connectivity index is 1.86. The minimum atomic E-state index is 0.586. The molecule has 102 valence electrons. The average molecular weight is 307 g/mol. The van der Waals surface area contributed by atoms with Crippen molar-refractivity contribution in [2.75, 3.05) is 5.32 Å². The average Bonchev–Trinajstić information content (AvgIpc) is 2.78. The van der Waals surface area contributed by atoms with Crippen molar-refractivity contribution in [3.05, 3.63) is 52.4 Å². The van der Waals surface area contributed by atoms with E-state index in [2.05, 4.69) is 15.3 Å². The van der Waals surface area contributed by atoms with Gasteiger partial charge in [0.1, 0.15) is 5.52 Å². The lowest BCUT2D eigenvalue weighted by Gasteiger charge is -2.07. The molecule has 2 aromatic heterocycles. The molecule has 0 spiro atoms. The second-order valence-electron chi connectivity index (χ2n) is 4.51. The Hall–Kier alpha value is -1.78. The van der Waals surface area contributed by atoms with Crippen LogP contribution in [0, 0.1) is 0 Å². The normalized spacial score (nSPS) is 10.9. The molecule has 0 saturated carbocycles. The van der Waals surface area contributed by atoms with Gasteiger partial charge in [0.2, 0.25) is 0 Å². The highest BCUT2D eigenvalue weighted by Crippen LogP contribution is 2.22. The Morgan fingerprint density at radius 1 is 1.15 bits per heavy atom. The van der Waals surface area contributed by atoms with Crippen LogP contribution >= 0.6 is 23.2 Å². The van der Waals surface area contributed by atoms with Crippen LogP contribution in [-0.2, 0) is 13.6 Å². The van der Waals surface area contributed by atoms with Gasteiger partial charge in [-0.25, -0.2) is 9.97 Å². The Bertz CT molecular complexity index is 747. The van der Waals surface area contributed by atoms with Gasteiger partial charge >= 0.3 is 0 Å². The fraction of sp³-hybridized carbons (Fsp3) is 0.143. The van der Waals surface area contributed by atoms with E-state index in [0.29, 0.717) is 16.6 Å². The van der Waals surface area contributed by atoms with E-state index in [9.17, 15) is 0 Å². The highest BCUT2D eigenvalue weighted by Gasteiger charge is 2.06. The first-order chi connectivity index (χ1) is 9.63. The Labute approximate surface area is 126 Å². The van der Waals surface area contributed by atoms with Crippen LogP contribution in [0.5, 0.6) is 0 Å². The third-order valence-electron chi connectivity index (χ3n) is 3.03. The number of aromatic nitrogens is 3. The van der Waals surface area contributed by atoms with Gasteiger partial charge in [0.15, 0.2) is 5.82 Å². The number of hydrogen-bond acceptors (Lipinski definition) is 3. The summed E-state index contributed by atoms with van der Waals surface area (Å²) < 4.78 is 1.96. The van der Waals surface area contributed by atoms with Crippen molar-refractivity contribution in [1.29, 1.82) is 0 Å². The lowest BCUT2D eigenvalue weighted by atomic mass is 10.2. The van der Waals surface area contributed by atoms with E-state index >= 15 is 0 Å². The Morgan fingerprint density at radius 3 is 2.65 bits per heavy atom. The van der Waals surface area contributed by atoms with E-state index in [1.165, 1.54) is 0 Å². The molecule has 0 atom stereocenters. The first kappa shape index (κ1) is 13.2. The molecule has 0 aliphatic heterocycles. The summed E-state index contributed by atoms with van der Waals surface area (Å²) in [5, 5.41) is 4.51. The van der Waals surface area contributed by atoms with E-state index in [-0.39, 0.29) is 0 Å². The molecule has 0 aliphatic rings. The Morgan fingerprint density at radius 2 is 1.90 bits per heavy atom. The molecule has 1 N–H and O–H groups in total. The maximum Gasteiger partial charge on any atom is 0.154 e. The van der Waals surface area contributed by atoms with Gasteiger partial charge in [-0.1, -0.05) is 23.2 Å². The Kier molecular flexibility index (Phi) is 3.51. The first-order valence-electron chi connectivity index (χ1n) is 6.08. The number of nitrogens with zero attached hydrogens (tertiary/aromatic N) is 3. The molecule has 0 fully saturated rings. The fourth-order valence-corrected chi connectivity index (χ4v) is 2.66. The van der Waals surface area contributed by atoms with Crippen molar-refractivity contribution >= 4 is 40.1 Å². The lowest BCUT2D eigenvalue weighted by Crippen LogP contribution is -2.02. The molecule has 1 aromatic carbocycles. The number of nitrogens with one attached hydrogen (secondary N) is 1. The second-order valence-corrected chi connectivity index (χ2v) is 5.39. The number of imidazole rings is 1. The van der Waals surface area contributed by atoms with Gasteiger partial charge < -0.3 is 9.88 Å². The highest BCUT2D eigenvalue weighted by atomic mass is 35.5. The van der Waals surface area contributed by atoms with Crippen LogP contribution in [0.2, 0.25) is 10.0 Å². The maximum atomic E-state index is 5.99. The molecular formula is C14H12Cl2N4. The van der Waals surface area contributed by atoms with Crippen molar-refractivity contribution in [3.63, 3.8) is 0 Å². The third-order valence-corrected chi connectivity index (χ3v) is 3.46. The summed E-state index contributed by atoms with van der Waals surface area (Å²) in [5.41, 5.74) is 2.88. The van der Waals surface area contributed by atoms with Crippen LogP contribution < -0.4 is 5.32 Å². The van der Waals surface area contributed by atoms with Gasteiger partial charge in [-0.2, -0.15) is 0 Å². The van der Waals surface area contributed by atoms with Crippen LogP contribution in [0.3, 0.4) is 0 Å². The van der Waals surface area contributed by atoms with E-state index in [4.69, 9.17) is 23.2 Å². The molecule has 0 aliphatic carbocycles. The molecule has 0 bridgehead atoms. The number of fused-ring (bicyclic) bond motifs is 1. The molecule has 20 heavy (non-hydrogen) atoms. The van der Waals surface area contributed by atoms with Crippen LogP contribution in [0.4, 0.5) is 5.82 Å². The summed E-state index contributed by atoms with van der Waals surface area (Å²) in [6.07, 6.45) is 3.53. The maximum absolute atomic E-state index is 5.99.